The van der Waals surface area contributed by atoms with E-state index in [1.165, 1.54) is 23.8 Å². The number of anilines is 1. The number of fused-ring (bicyclic) bond motifs is 1. The molecule has 1 aromatic carbocycles. The van der Waals surface area contributed by atoms with E-state index in [0.29, 0.717) is 17.9 Å². The van der Waals surface area contributed by atoms with E-state index in [9.17, 15) is 0 Å². The van der Waals surface area contributed by atoms with Gasteiger partial charge in [0.1, 0.15) is 16.5 Å². The third-order valence-electron chi connectivity index (χ3n) is 6.02. The van der Waals surface area contributed by atoms with Gasteiger partial charge in [-0.1, -0.05) is 30.3 Å². The number of aryl methyl sites for hydroxylation is 1. The van der Waals surface area contributed by atoms with Gasteiger partial charge in [0.25, 0.3) is 0 Å². The van der Waals surface area contributed by atoms with Crippen molar-refractivity contribution in [2.75, 3.05) is 24.5 Å². The van der Waals surface area contributed by atoms with Crippen LogP contribution in [0.2, 0.25) is 0 Å². The Morgan fingerprint density at radius 3 is 2.70 bits per heavy atom. The fourth-order valence-corrected chi connectivity index (χ4v) is 5.45. The van der Waals surface area contributed by atoms with Gasteiger partial charge in [-0.2, -0.15) is 0 Å². The quantitative estimate of drug-likeness (QED) is 0.730. The average Bonchev–Trinajstić information content (AvgIpc) is 3.37. The minimum atomic E-state index is 0.503. The molecule has 6 heteroatoms. The summed E-state index contributed by atoms with van der Waals surface area (Å²) in [6, 6.07) is 13.6. The highest BCUT2D eigenvalue weighted by atomic mass is 32.1. The van der Waals surface area contributed by atoms with Crippen LogP contribution in [0.25, 0.3) is 10.2 Å². The molecule has 2 N–H and O–H groups in total. The number of thiophene rings is 1. The maximum atomic E-state index is 4.78. The van der Waals surface area contributed by atoms with E-state index < -0.39 is 0 Å². The Bertz CT molecular complexity index is 917. The molecule has 2 saturated heterocycles. The number of benzene rings is 1. The predicted octanol–water partition coefficient (Wildman–Crippen LogP) is 3.48. The van der Waals surface area contributed by atoms with Crippen molar-refractivity contribution in [2.24, 2.45) is 5.92 Å². The summed E-state index contributed by atoms with van der Waals surface area (Å²) in [5, 5.41) is 3.32. The molecular formula is C21H25N5S. The number of hydrazine groups is 1. The van der Waals surface area contributed by atoms with E-state index >= 15 is 0 Å². The third kappa shape index (κ3) is 3.22. The fourth-order valence-electron chi connectivity index (χ4n) is 4.64. The van der Waals surface area contributed by atoms with Crippen molar-refractivity contribution < 1.29 is 0 Å². The molecule has 2 aliphatic heterocycles. The van der Waals surface area contributed by atoms with Crippen molar-refractivity contribution in [1.82, 2.24) is 20.8 Å². The van der Waals surface area contributed by atoms with Crippen LogP contribution in [-0.2, 0) is 0 Å². The molecule has 3 aromatic rings. The van der Waals surface area contributed by atoms with Gasteiger partial charge in [-0.3, -0.25) is 10.9 Å². The Labute approximate surface area is 163 Å². The second kappa shape index (κ2) is 7.19. The molecule has 4 heterocycles. The number of nitrogens with zero attached hydrogens (tertiary/aromatic N) is 3. The van der Waals surface area contributed by atoms with Gasteiger partial charge in [0.15, 0.2) is 0 Å². The van der Waals surface area contributed by atoms with E-state index in [1.54, 1.807) is 11.3 Å². The van der Waals surface area contributed by atoms with Crippen LogP contribution in [0.15, 0.2) is 41.8 Å². The summed E-state index contributed by atoms with van der Waals surface area (Å²) >= 11 is 1.70. The van der Waals surface area contributed by atoms with Crippen LogP contribution >= 0.6 is 11.3 Å². The molecule has 5 rings (SSSR count). The van der Waals surface area contributed by atoms with Crippen molar-refractivity contribution in [1.29, 1.82) is 0 Å². The molecular weight excluding hydrogens is 354 g/mol. The van der Waals surface area contributed by atoms with Gasteiger partial charge >= 0.3 is 0 Å². The normalized spacial score (nSPS) is 24.0. The number of aromatic nitrogens is 2. The van der Waals surface area contributed by atoms with E-state index in [0.717, 1.165) is 36.1 Å². The topological polar surface area (TPSA) is 53.1 Å². The van der Waals surface area contributed by atoms with E-state index in [-0.39, 0.29) is 0 Å². The number of hydrogen-bond acceptors (Lipinski definition) is 6. The smallest absolute Gasteiger partial charge is 0.141 e. The van der Waals surface area contributed by atoms with Crippen LogP contribution in [0, 0.1) is 12.8 Å². The number of nitrogens with one attached hydrogen (secondary N) is 2. The first-order valence-corrected chi connectivity index (χ1v) is 10.7. The van der Waals surface area contributed by atoms with Gasteiger partial charge in [0.2, 0.25) is 0 Å². The average molecular weight is 380 g/mol. The lowest BCUT2D eigenvalue weighted by atomic mass is 9.80. The first-order valence-electron chi connectivity index (χ1n) is 9.80. The molecule has 0 radical (unpaired) electrons. The van der Waals surface area contributed by atoms with Crippen LogP contribution in [0.5, 0.6) is 0 Å². The zero-order valence-corrected chi connectivity index (χ0v) is 16.4. The second-order valence-corrected chi connectivity index (χ2v) is 8.52. The van der Waals surface area contributed by atoms with Crippen LogP contribution in [-0.4, -0.2) is 35.6 Å². The minimum absolute atomic E-state index is 0.503. The first kappa shape index (κ1) is 17.1. The maximum absolute atomic E-state index is 4.78. The molecule has 2 aliphatic rings. The summed E-state index contributed by atoms with van der Waals surface area (Å²) in [5.74, 6) is 3.22. The number of rotatable bonds is 3. The Morgan fingerprint density at radius 2 is 1.89 bits per heavy atom. The molecule has 140 valence electrons. The molecule has 27 heavy (non-hydrogen) atoms. The highest BCUT2D eigenvalue weighted by Crippen LogP contribution is 2.35. The Kier molecular flexibility index (Phi) is 4.55. The lowest BCUT2D eigenvalue weighted by molar-refractivity contribution is 0.295. The van der Waals surface area contributed by atoms with E-state index in [1.807, 2.05) is 6.92 Å². The monoisotopic (exact) mass is 379 g/mol. The standard InChI is InChI=1S/C21H25N5S/c1-14-23-20(17-9-12-27-21(17)24-14)26-10-7-16(8-11-26)19-18(13-22-25-19)15-5-3-2-4-6-15/h2-6,9,12,16,18-19,22,25H,7-8,10-11,13H2,1H3. The summed E-state index contributed by atoms with van der Waals surface area (Å²) in [6.07, 6.45) is 2.38. The minimum Gasteiger partial charge on any atom is -0.356 e. The predicted molar refractivity (Wildman–Crippen MR) is 111 cm³/mol. The maximum Gasteiger partial charge on any atom is 0.141 e. The zero-order chi connectivity index (χ0) is 18.2. The highest BCUT2D eigenvalue weighted by Gasteiger charge is 2.36. The lowest BCUT2D eigenvalue weighted by Gasteiger charge is -2.37. The van der Waals surface area contributed by atoms with Gasteiger partial charge in [-0.15, -0.1) is 11.3 Å². The molecule has 0 amide bonds. The second-order valence-electron chi connectivity index (χ2n) is 7.63. The highest BCUT2D eigenvalue weighted by molar-refractivity contribution is 7.16. The van der Waals surface area contributed by atoms with Crippen molar-refractivity contribution in [3.05, 3.63) is 53.2 Å². The van der Waals surface area contributed by atoms with Crippen molar-refractivity contribution in [3.63, 3.8) is 0 Å². The summed E-state index contributed by atoms with van der Waals surface area (Å²) in [6.45, 7) is 5.13. The molecule has 0 spiro atoms. The number of hydrogen-bond donors (Lipinski definition) is 2. The van der Waals surface area contributed by atoms with Crippen LogP contribution in [0.4, 0.5) is 5.82 Å². The van der Waals surface area contributed by atoms with Crippen LogP contribution in [0.1, 0.15) is 30.1 Å². The van der Waals surface area contributed by atoms with Crippen molar-refractivity contribution in [2.45, 2.75) is 31.7 Å². The van der Waals surface area contributed by atoms with E-state index in [2.05, 4.69) is 62.5 Å². The molecule has 2 unspecified atom stereocenters. The van der Waals surface area contributed by atoms with Gasteiger partial charge in [0, 0.05) is 31.6 Å². The molecule has 0 aliphatic carbocycles. The van der Waals surface area contributed by atoms with Gasteiger partial charge in [0.05, 0.1) is 5.39 Å². The van der Waals surface area contributed by atoms with Crippen LogP contribution in [0.3, 0.4) is 0 Å². The van der Waals surface area contributed by atoms with Crippen LogP contribution < -0.4 is 15.8 Å². The summed E-state index contributed by atoms with van der Waals surface area (Å²) in [5.41, 5.74) is 8.42. The summed E-state index contributed by atoms with van der Waals surface area (Å²) < 4.78 is 0. The van der Waals surface area contributed by atoms with Gasteiger partial charge < -0.3 is 4.90 Å². The zero-order valence-electron chi connectivity index (χ0n) is 15.6. The Balaban J connectivity index is 1.32. The summed E-state index contributed by atoms with van der Waals surface area (Å²) in [4.78, 5) is 12.9. The molecule has 0 saturated carbocycles. The van der Waals surface area contributed by atoms with Gasteiger partial charge in [-0.25, -0.2) is 9.97 Å². The largest absolute Gasteiger partial charge is 0.356 e. The third-order valence-corrected chi connectivity index (χ3v) is 6.82. The Hall–Kier alpha value is -2.02. The lowest BCUT2D eigenvalue weighted by Crippen LogP contribution is -2.44. The van der Waals surface area contributed by atoms with Crippen molar-refractivity contribution in [3.8, 4) is 0 Å². The molecule has 5 nitrogen and oxygen atoms in total. The first-order chi connectivity index (χ1) is 13.3. The van der Waals surface area contributed by atoms with Gasteiger partial charge in [-0.05, 0) is 42.7 Å². The van der Waals surface area contributed by atoms with E-state index in [4.69, 9.17) is 4.98 Å². The molecule has 2 fully saturated rings. The fraction of sp³-hybridized carbons (Fsp3) is 0.429. The number of piperidine rings is 1. The van der Waals surface area contributed by atoms with Crippen molar-refractivity contribution >= 4 is 27.4 Å². The molecule has 2 aromatic heterocycles. The molecule has 2 atom stereocenters. The Morgan fingerprint density at radius 1 is 1.07 bits per heavy atom. The molecule has 0 bridgehead atoms. The summed E-state index contributed by atoms with van der Waals surface area (Å²) in [7, 11) is 0. The SMILES string of the molecule is Cc1nc(N2CCC(C3NNCC3c3ccccc3)CC2)c2ccsc2n1.